The molecule has 1 atom stereocenters. The van der Waals surface area contributed by atoms with Crippen molar-refractivity contribution < 1.29 is 32.3 Å². The summed E-state index contributed by atoms with van der Waals surface area (Å²) in [7, 11) is 0. The minimum absolute atomic E-state index is 0.100. The summed E-state index contributed by atoms with van der Waals surface area (Å²) in [5.74, 6) is -5.57. The lowest BCUT2D eigenvalue weighted by Crippen LogP contribution is -2.54. The van der Waals surface area contributed by atoms with Crippen LogP contribution in [0.1, 0.15) is 19.3 Å². The molecule has 0 aliphatic carbocycles. The molecular weight excluding hydrogens is 272 g/mol. The van der Waals surface area contributed by atoms with Crippen LogP contribution in [-0.2, 0) is 4.79 Å². The fourth-order valence-corrected chi connectivity index (χ4v) is 1.80. The van der Waals surface area contributed by atoms with Gasteiger partial charge in [-0.25, -0.2) is 18.4 Å². The van der Waals surface area contributed by atoms with Crippen LogP contribution < -0.4 is 5.32 Å². The van der Waals surface area contributed by atoms with Crippen molar-refractivity contribution in [2.75, 3.05) is 13.1 Å². The zero-order chi connectivity index (χ0) is 14.6. The van der Waals surface area contributed by atoms with Gasteiger partial charge in [0.2, 0.25) is 0 Å². The first-order valence-electron chi connectivity index (χ1n) is 5.69. The fraction of sp³-hybridized carbons (Fsp3) is 0.800. The van der Waals surface area contributed by atoms with Gasteiger partial charge in [0.25, 0.3) is 0 Å². The Balaban J connectivity index is 2.59. The van der Waals surface area contributed by atoms with Crippen LogP contribution in [0.15, 0.2) is 0 Å². The number of carbonyl (C=O) groups is 2. The minimum atomic E-state index is -4.33. The van der Waals surface area contributed by atoms with Gasteiger partial charge in [0.05, 0.1) is 6.54 Å². The lowest BCUT2D eigenvalue weighted by molar-refractivity contribution is -0.143. The van der Waals surface area contributed by atoms with Crippen molar-refractivity contribution in [3.8, 4) is 0 Å². The van der Waals surface area contributed by atoms with Gasteiger partial charge < -0.3 is 15.3 Å². The molecule has 0 radical (unpaired) electrons. The summed E-state index contributed by atoms with van der Waals surface area (Å²) >= 11 is 0. The monoisotopic (exact) mass is 286 g/mol. The summed E-state index contributed by atoms with van der Waals surface area (Å²) in [5, 5.41) is 10.5. The highest BCUT2D eigenvalue weighted by Gasteiger charge is 2.42. The highest BCUT2D eigenvalue weighted by Crippen LogP contribution is 2.22. The number of nitrogens with zero attached hydrogens (tertiary/aromatic N) is 1. The van der Waals surface area contributed by atoms with Crippen LogP contribution in [0.4, 0.5) is 22.4 Å². The number of halogens is 4. The van der Waals surface area contributed by atoms with Crippen LogP contribution in [0.3, 0.4) is 0 Å². The molecule has 1 heterocycles. The number of piperidine rings is 1. The van der Waals surface area contributed by atoms with Crippen molar-refractivity contribution in [3.63, 3.8) is 0 Å². The summed E-state index contributed by atoms with van der Waals surface area (Å²) in [5.41, 5.74) is 0. The highest BCUT2D eigenvalue weighted by atomic mass is 19.3. The molecule has 2 N–H and O–H groups in total. The Bertz CT molecular complexity index is 352. The van der Waals surface area contributed by atoms with Gasteiger partial charge in [0, 0.05) is 6.54 Å². The van der Waals surface area contributed by atoms with E-state index in [0.717, 1.165) is 4.90 Å². The van der Waals surface area contributed by atoms with Crippen molar-refractivity contribution >= 4 is 12.0 Å². The van der Waals surface area contributed by atoms with Crippen LogP contribution in [0, 0.1) is 0 Å². The van der Waals surface area contributed by atoms with E-state index in [1.54, 1.807) is 5.32 Å². The van der Waals surface area contributed by atoms with E-state index >= 15 is 0 Å². The van der Waals surface area contributed by atoms with Gasteiger partial charge in [-0.05, 0) is 19.3 Å². The molecule has 1 fully saturated rings. The Labute approximate surface area is 106 Å². The Kier molecular flexibility index (Phi) is 4.96. The number of alkyl halides is 4. The van der Waals surface area contributed by atoms with E-state index in [9.17, 15) is 27.2 Å². The second kappa shape index (κ2) is 6.07. The van der Waals surface area contributed by atoms with Crippen LogP contribution in [0.25, 0.3) is 0 Å². The van der Waals surface area contributed by atoms with E-state index in [1.807, 2.05) is 0 Å². The molecule has 1 aliphatic rings. The molecule has 9 heteroatoms. The summed E-state index contributed by atoms with van der Waals surface area (Å²) in [4.78, 5) is 23.3. The van der Waals surface area contributed by atoms with E-state index < -0.39 is 36.9 Å². The number of rotatable bonds is 4. The lowest BCUT2D eigenvalue weighted by Gasteiger charge is -2.33. The number of hydrogen-bond acceptors (Lipinski definition) is 2. The quantitative estimate of drug-likeness (QED) is 0.770. The van der Waals surface area contributed by atoms with Gasteiger partial charge >= 0.3 is 24.3 Å². The SMILES string of the molecule is O=C(O)C1CCCCN1C(=O)NCC(F)(F)C(F)F. The van der Waals surface area contributed by atoms with Crippen molar-refractivity contribution in [2.45, 2.75) is 37.7 Å². The molecule has 0 aromatic heterocycles. The third-order valence-electron chi connectivity index (χ3n) is 2.84. The van der Waals surface area contributed by atoms with Crippen LogP contribution in [0.2, 0.25) is 0 Å². The van der Waals surface area contributed by atoms with Crippen molar-refractivity contribution in [1.29, 1.82) is 0 Å². The number of likely N-dealkylation sites (tertiary alicyclic amines) is 1. The Morgan fingerprint density at radius 3 is 2.53 bits per heavy atom. The zero-order valence-corrected chi connectivity index (χ0v) is 9.91. The minimum Gasteiger partial charge on any atom is -0.480 e. The van der Waals surface area contributed by atoms with Gasteiger partial charge in [0.1, 0.15) is 6.04 Å². The average molecular weight is 286 g/mol. The predicted octanol–water partition coefficient (Wildman–Crippen LogP) is 1.54. The van der Waals surface area contributed by atoms with E-state index in [2.05, 4.69) is 0 Å². The molecule has 19 heavy (non-hydrogen) atoms. The molecule has 1 aliphatic heterocycles. The molecule has 5 nitrogen and oxygen atoms in total. The van der Waals surface area contributed by atoms with Gasteiger partial charge in [-0.3, -0.25) is 0 Å². The number of carbonyl (C=O) groups excluding carboxylic acids is 1. The molecular formula is C10H14F4N2O3. The Hall–Kier alpha value is -1.54. The Morgan fingerprint density at radius 1 is 1.37 bits per heavy atom. The van der Waals surface area contributed by atoms with Crippen LogP contribution in [-0.4, -0.2) is 53.5 Å². The van der Waals surface area contributed by atoms with Gasteiger partial charge in [0.15, 0.2) is 0 Å². The third kappa shape index (κ3) is 3.97. The number of carboxylic acids is 1. The summed E-state index contributed by atoms with van der Waals surface area (Å²) in [6, 6.07) is -2.17. The van der Waals surface area contributed by atoms with E-state index in [0.29, 0.717) is 12.8 Å². The number of urea groups is 1. The number of carboxylic acid groups (broad SMARTS) is 1. The van der Waals surface area contributed by atoms with Gasteiger partial charge in [-0.15, -0.1) is 0 Å². The van der Waals surface area contributed by atoms with E-state index in [4.69, 9.17) is 5.11 Å². The van der Waals surface area contributed by atoms with Crippen molar-refractivity contribution in [2.24, 2.45) is 0 Å². The first kappa shape index (κ1) is 15.5. The lowest BCUT2D eigenvalue weighted by atomic mass is 10.0. The summed E-state index contributed by atoms with van der Waals surface area (Å²) in [6.07, 6.45) is -2.52. The molecule has 1 unspecified atom stereocenters. The molecule has 1 saturated heterocycles. The maximum absolute atomic E-state index is 12.6. The maximum Gasteiger partial charge on any atom is 0.326 e. The molecule has 0 saturated carbocycles. The first-order valence-corrected chi connectivity index (χ1v) is 5.69. The maximum atomic E-state index is 12.6. The van der Waals surface area contributed by atoms with Crippen LogP contribution >= 0.6 is 0 Å². The van der Waals surface area contributed by atoms with Crippen molar-refractivity contribution in [3.05, 3.63) is 0 Å². The van der Waals surface area contributed by atoms with Gasteiger partial charge in [-0.1, -0.05) is 0 Å². The second-order valence-corrected chi connectivity index (χ2v) is 4.26. The molecule has 0 spiro atoms. The second-order valence-electron chi connectivity index (χ2n) is 4.26. The highest BCUT2D eigenvalue weighted by molar-refractivity contribution is 5.82. The number of aliphatic carboxylic acids is 1. The Morgan fingerprint density at radius 2 is 2.00 bits per heavy atom. The van der Waals surface area contributed by atoms with E-state index in [-0.39, 0.29) is 13.0 Å². The fourth-order valence-electron chi connectivity index (χ4n) is 1.80. The number of nitrogens with one attached hydrogen (secondary N) is 1. The normalized spacial score (nSPS) is 20.5. The topological polar surface area (TPSA) is 69.6 Å². The first-order chi connectivity index (χ1) is 8.75. The standard InChI is InChI=1S/C10H14F4N2O3/c11-8(12)10(13,14)5-15-9(19)16-4-2-1-3-6(16)7(17)18/h6,8H,1-5H2,(H,15,19)(H,17,18). The van der Waals surface area contributed by atoms with Crippen molar-refractivity contribution in [1.82, 2.24) is 10.2 Å². The number of hydrogen-bond donors (Lipinski definition) is 2. The number of amides is 2. The largest absolute Gasteiger partial charge is 0.480 e. The molecule has 0 bridgehead atoms. The molecule has 2 amide bonds. The van der Waals surface area contributed by atoms with Gasteiger partial charge in [-0.2, -0.15) is 8.78 Å². The molecule has 110 valence electrons. The van der Waals surface area contributed by atoms with Crippen LogP contribution in [0.5, 0.6) is 0 Å². The summed E-state index contributed by atoms with van der Waals surface area (Å²) < 4.78 is 49.1. The zero-order valence-electron chi connectivity index (χ0n) is 9.91. The summed E-state index contributed by atoms with van der Waals surface area (Å²) in [6.45, 7) is -1.42. The third-order valence-corrected chi connectivity index (χ3v) is 2.84. The average Bonchev–Trinajstić information content (AvgIpc) is 2.35. The molecule has 1 rings (SSSR count). The predicted molar refractivity (Wildman–Crippen MR) is 56.3 cm³/mol. The van der Waals surface area contributed by atoms with E-state index in [1.165, 1.54) is 0 Å². The molecule has 0 aromatic rings. The molecule has 0 aromatic carbocycles. The smallest absolute Gasteiger partial charge is 0.326 e.